The molecule has 0 saturated carbocycles. The second kappa shape index (κ2) is 10.7. The van der Waals surface area contributed by atoms with E-state index < -0.39 is 5.82 Å². The number of ether oxygens (including phenoxy) is 1. The van der Waals surface area contributed by atoms with Crippen molar-refractivity contribution in [1.29, 1.82) is 0 Å². The maximum Gasteiger partial charge on any atom is 0.266 e. The van der Waals surface area contributed by atoms with E-state index in [2.05, 4.69) is 0 Å². The molecular weight excluding hydrogens is 505 g/mol. The smallest absolute Gasteiger partial charge is 0.266 e. The molecule has 0 N–H and O–H groups in total. The summed E-state index contributed by atoms with van der Waals surface area (Å²) < 4.78 is 22.3. The van der Waals surface area contributed by atoms with Crippen molar-refractivity contribution in [2.45, 2.75) is 19.9 Å². The van der Waals surface area contributed by atoms with Crippen molar-refractivity contribution in [3.8, 4) is 22.7 Å². The van der Waals surface area contributed by atoms with Crippen molar-refractivity contribution in [3.63, 3.8) is 0 Å². The van der Waals surface area contributed by atoms with Crippen LogP contribution in [0.15, 0.2) is 90.0 Å². The third-order valence-electron chi connectivity index (χ3n) is 6.05. The number of hydrogen-bond donors (Lipinski definition) is 0. The van der Waals surface area contributed by atoms with Gasteiger partial charge in [0.2, 0.25) is 0 Å². The summed E-state index contributed by atoms with van der Waals surface area (Å²) in [5.74, 6) is -0.448. The number of carbonyl (C=O) groups excluding carboxylic acids is 1. The van der Waals surface area contributed by atoms with Gasteiger partial charge in [-0.2, -0.15) is 5.10 Å². The predicted molar refractivity (Wildman–Crippen MR) is 150 cm³/mol. The SMILES string of the molecule is CCOc1ccc(-c2nn(-c3ccccc3)cc2/C=C2\SC(=S)N(C(C)c3ccccc3)C2=O)cc1F. The summed E-state index contributed by atoms with van der Waals surface area (Å²) in [5.41, 5.74) is 3.66. The first-order valence-electron chi connectivity index (χ1n) is 11.9. The first kappa shape index (κ1) is 24.9. The van der Waals surface area contributed by atoms with Gasteiger partial charge < -0.3 is 4.74 Å². The minimum atomic E-state index is -0.470. The Labute approximate surface area is 224 Å². The Hall–Kier alpha value is -3.75. The van der Waals surface area contributed by atoms with Gasteiger partial charge in [0.1, 0.15) is 10.0 Å². The van der Waals surface area contributed by atoms with Gasteiger partial charge in [-0.15, -0.1) is 0 Å². The third-order valence-corrected chi connectivity index (χ3v) is 7.38. The van der Waals surface area contributed by atoms with E-state index in [0.29, 0.717) is 32.7 Å². The number of aromatic nitrogens is 2. The highest BCUT2D eigenvalue weighted by molar-refractivity contribution is 8.26. The molecule has 0 radical (unpaired) electrons. The van der Waals surface area contributed by atoms with Crippen LogP contribution >= 0.6 is 24.0 Å². The van der Waals surface area contributed by atoms with Crippen LogP contribution in [0, 0.1) is 5.82 Å². The van der Waals surface area contributed by atoms with E-state index in [-0.39, 0.29) is 17.7 Å². The van der Waals surface area contributed by atoms with Crippen molar-refractivity contribution in [3.05, 3.63) is 107 Å². The lowest BCUT2D eigenvalue weighted by molar-refractivity contribution is -0.123. The number of hydrogen-bond acceptors (Lipinski definition) is 5. The summed E-state index contributed by atoms with van der Waals surface area (Å²) in [7, 11) is 0. The Balaban J connectivity index is 1.55. The quantitative estimate of drug-likeness (QED) is 0.190. The third kappa shape index (κ3) is 5.08. The molecule has 5 nitrogen and oxygen atoms in total. The van der Waals surface area contributed by atoms with E-state index in [4.69, 9.17) is 22.1 Å². The average molecular weight is 530 g/mol. The molecule has 1 saturated heterocycles. The Morgan fingerprint density at radius 3 is 2.46 bits per heavy atom. The van der Waals surface area contributed by atoms with Crippen LogP contribution in [-0.2, 0) is 4.79 Å². The van der Waals surface area contributed by atoms with Crippen LogP contribution in [0.3, 0.4) is 0 Å². The van der Waals surface area contributed by atoms with E-state index >= 15 is 0 Å². The van der Waals surface area contributed by atoms with Gasteiger partial charge in [0, 0.05) is 17.3 Å². The molecule has 1 unspecified atom stereocenters. The van der Waals surface area contributed by atoms with E-state index in [0.717, 1.165) is 11.3 Å². The van der Waals surface area contributed by atoms with Crippen LogP contribution in [0.2, 0.25) is 0 Å². The summed E-state index contributed by atoms with van der Waals surface area (Å²) in [6.07, 6.45) is 3.62. The van der Waals surface area contributed by atoms with E-state index in [1.54, 1.807) is 27.8 Å². The Morgan fingerprint density at radius 2 is 1.78 bits per heavy atom. The van der Waals surface area contributed by atoms with Crippen molar-refractivity contribution in [1.82, 2.24) is 14.7 Å². The van der Waals surface area contributed by atoms with Crippen molar-refractivity contribution >= 4 is 40.3 Å². The molecule has 1 amide bonds. The summed E-state index contributed by atoms with van der Waals surface area (Å²) in [4.78, 5) is 15.6. The largest absolute Gasteiger partial charge is 0.491 e. The average Bonchev–Trinajstić information content (AvgIpc) is 3.46. The summed E-state index contributed by atoms with van der Waals surface area (Å²) in [5, 5.41) is 4.75. The van der Waals surface area contributed by atoms with Gasteiger partial charge in [0.05, 0.1) is 23.2 Å². The van der Waals surface area contributed by atoms with Crippen molar-refractivity contribution in [2.24, 2.45) is 0 Å². The monoisotopic (exact) mass is 529 g/mol. The molecule has 4 aromatic rings. The number of benzene rings is 3. The molecule has 5 rings (SSSR count). The number of thioether (sulfide) groups is 1. The molecular formula is C29H24FN3O2S2. The molecule has 0 spiro atoms. The first-order valence-corrected chi connectivity index (χ1v) is 13.1. The minimum Gasteiger partial charge on any atom is -0.491 e. The van der Waals surface area contributed by atoms with Gasteiger partial charge in [-0.25, -0.2) is 9.07 Å². The summed E-state index contributed by atoms with van der Waals surface area (Å²) >= 11 is 6.85. The Morgan fingerprint density at radius 1 is 1.08 bits per heavy atom. The van der Waals surface area contributed by atoms with Crippen LogP contribution in [-0.4, -0.2) is 31.5 Å². The van der Waals surface area contributed by atoms with Crippen LogP contribution in [0.4, 0.5) is 4.39 Å². The Kier molecular flexibility index (Phi) is 7.21. The maximum absolute atomic E-state index is 14.7. The fraction of sp³-hybridized carbons (Fsp3) is 0.138. The zero-order valence-electron chi connectivity index (χ0n) is 20.3. The number of thiocarbonyl (C=S) groups is 1. The lowest BCUT2D eigenvalue weighted by Gasteiger charge is -2.23. The molecule has 0 bridgehead atoms. The van der Waals surface area contributed by atoms with Gasteiger partial charge in [-0.05, 0) is 55.8 Å². The highest BCUT2D eigenvalue weighted by Crippen LogP contribution is 2.39. The van der Waals surface area contributed by atoms with Gasteiger partial charge >= 0.3 is 0 Å². The molecule has 1 aromatic heterocycles. The van der Waals surface area contributed by atoms with Crippen molar-refractivity contribution in [2.75, 3.05) is 6.61 Å². The molecule has 8 heteroatoms. The van der Waals surface area contributed by atoms with Crippen molar-refractivity contribution < 1.29 is 13.9 Å². The molecule has 1 atom stereocenters. The first-order chi connectivity index (χ1) is 18.0. The number of carbonyl (C=O) groups is 1. The predicted octanol–water partition coefficient (Wildman–Crippen LogP) is 7.04. The zero-order chi connectivity index (χ0) is 25.9. The lowest BCUT2D eigenvalue weighted by atomic mass is 10.1. The summed E-state index contributed by atoms with van der Waals surface area (Å²) in [6, 6.07) is 24.0. The van der Waals surface area contributed by atoms with E-state index in [1.807, 2.05) is 80.7 Å². The molecule has 37 heavy (non-hydrogen) atoms. The molecule has 2 heterocycles. The van der Waals surface area contributed by atoms with Crippen LogP contribution in [0.5, 0.6) is 5.75 Å². The maximum atomic E-state index is 14.7. The number of rotatable bonds is 7. The number of halogens is 1. The zero-order valence-corrected chi connectivity index (χ0v) is 21.9. The lowest BCUT2D eigenvalue weighted by Crippen LogP contribution is -2.30. The molecule has 1 aliphatic rings. The number of para-hydroxylation sites is 1. The second-order valence-corrected chi connectivity index (χ2v) is 10.1. The number of amides is 1. The van der Waals surface area contributed by atoms with Crippen LogP contribution in [0.1, 0.15) is 31.0 Å². The normalized spacial score (nSPS) is 15.4. The standard InChI is InChI=1S/C29H24FN3O2S2/c1-3-35-25-15-14-21(16-24(25)30)27-22(18-32(31-27)23-12-8-5-9-13-23)17-26-28(34)33(29(36)37-26)19(2)20-10-6-4-7-11-20/h4-19H,3H2,1-2H3/b26-17-. The van der Waals surface area contributed by atoms with E-state index in [9.17, 15) is 9.18 Å². The molecule has 3 aromatic carbocycles. The minimum absolute atomic E-state index is 0.164. The van der Waals surface area contributed by atoms with Gasteiger partial charge in [0.15, 0.2) is 11.6 Å². The highest BCUT2D eigenvalue weighted by atomic mass is 32.2. The van der Waals surface area contributed by atoms with Crippen LogP contribution in [0.25, 0.3) is 23.0 Å². The van der Waals surface area contributed by atoms with Crippen LogP contribution < -0.4 is 4.74 Å². The summed E-state index contributed by atoms with van der Waals surface area (Å²) in [6.45, 7) is 4.14. The second-order valence-electron chi connectivity index (χ2n) is 8.43. The van der Waals surface area contributed by atoms with Gasteiger partial charge in [-0.3, -0.25) is 9.69 Å². The fourth-order valence-electron chi connectivity index (χ4n) is 4.19. The molecule has 186 valence electrons. The molecule has 0 aliphatic carbocycles. The van der Waals surface area contributed by atoms with Gasteiger partial charge in [0.25, 0.3) is 5.91 Å². The number of nitrogens with zero attached hydrogens (tertiary/aromatic N) is 3. The highest BCUT2D eigenvalue weighted by Gasteiger charge is 2.36. The molecule has 1 fully saturated rings. The molecule has 1 aliphatic heterocycles. The fourth-order valence-corrected chi connectivity index (χ4v) is 5.60. The Bertz CT molecular complexity index is 1490. The van der Waals surface area contributed by atoms with E-state index in [1.165, 1.54) is 17.8 Å². The van der Waals surface area contributed by atoms with Gasteiger partial charge in [-0.1, -0.05) is 72.5 Å². The topological polar surface area (TPSA) is 47.4 Å².